The van der Waals surface area contributed by atoms with Crippen LogP contribution in [-0.4, -0.2) is 45.5 Å². The lowest BCUT2D eigenvalue weighted by molar-refractivity contribution is -0.345. The highest BCUT2D eigenvalue weighted by Gasteiger charge is 2.84. The monoisotopic (exact) mass is 758 g/mol. The molecule has 0 radical (unpaired) electrons. The number of halogens is 8. The summed E-state index contributed by atoms with van der Waals surface area (Å²) >= 11 is 0.984. The fourth-order valence-electron chi connectivity index (χ4n) is 4.89. The third-order valence-corrected chi connectivity index (χ3v) is 9.29. The summed E-state index contributed by atoms with van der Waals surface area (Å²) in [5.74, 6) is -33.1. The van der Waals surface area contributed by atoms with Gasteiger partial charge in [0.15, 0.2) is 10.3 Å². The molecule has 4 aromatic carbocycles. The first-order valence-corrected chi connectivity index (χ1v) is 16.7. The Hall–Kier alpha value is -5.48. The molecule has 0 unspecified atom stereocenters. The maximum absolute atomic E-state index is 14.7. The van der Waals surface area contributed by atoms with Gasteiger partial charge in [-0.05, 0) is 22.3 Å². The van der Waals surface area contributed by atoms with Crippen molar-refractivity contribution >= 4 is 44.8 Å². The number of aromatic nitrogens is 2. The smallest absolute Gasteiger partial charge is 0.296 e. The molecule has 266 valence electrons. The van der Waals surface area contributed by atoms with Gasteiger partial charge in [-0.3, -0.25) is 20.2 Å². The first-order chi connectivity index (χ1) is 24.6. The van der Waals surface area contributed by atoms with E-state index in [0.29, 0.717) is 33.8 Å². The maximum atomic E-state index is 14.7. The van der Waals surface area contributed by atoms with Crippen LogP contribution < -0.4 is 10.6 Å². The molecule has 0 saturated heterocycles. The van der Waals surface area contributed by atoms with E-state index >= 15 is 0 Å². The summed E-state index contributed by atoms with van der Waals surface area (Å²) in [5.41, 5.74) is 4.50. The van der Waals surface area contributed by atoms with E-state index in [1.54, 1.807) is 48.5 Å². The molecule has 52 heavy (non-hydrogen) atoms. The molecule has 2 heterocycles. The predicted octanol–water partition coefficient (Wildman–Crippen LogP) is 10.4. The van der Waals surface area contributed by atoms with Gasteiger partial charge in [0.05, 0.1) is 11.4 Å². The average molecular weight is 759 g/mol. The largest absolute Gasteiger partial charge is 0.393 e. The van der Waals surface area contributed by atoms with Gasteiger partial charge >= 0.3 is 35.5 Å². The molecule has 2 N–H and O–H groups in total. The number of hydrogen-bond donors (Lipinski definition) is 2. The van der Waals surface area contributed by atoms with Crippen molar-refractivity contribution in [2.75, 3.05) is 10.6 Å². The number of hydrogen-bond acceptors (Lipinski definition) is 6. The Morgan fingerprint density at radius 3 is 1.06 bits per heavy atom. The number of amides is 2. The van der Waals surface area contributed by atoms with E-state index in [-0.39, 0.29) is 11.4 Å². The minimum atomic E-state index is -7.06. The molecular weight excluding hydrogens is 737 g/mol. The maximum Gasteiger partial charge on any atom is 0.393 e. The number of alkyl halides is 8. The van der Waals surface area contributed by atoms with Crippen molar-refractivity contribution in [3.63, 3.8) is 0 Å². The number of anilines is 2. The molecule has 0 atom stereocenters. The van der Waals surface area contributed by atoms with Crippen molar-refractivity contribution in [2.45, 2.75) is 23.7 Å². The summed E-state index contributed by atoms with van der Waals surface area (Å²) in [7, 11) is 0. The van der Waals surface area contributed by atoms with Crippen LogP contribution in [0.2, 0.25) is 0 Å². The van der Waals surface area contributed by atoms with E-state index < -0.39 is 45.8 Å². The first-order valence-electron chi connectivity index (χ1n) is 15.0. The number of nitrogens with zero attached hydrogens (tertiary/aromatic N) is 2. The van der Waals surface area contributed by atoms with Crippen molar-refractivity contribution in [2.24, 2.45) is 0 Å². The highest BCUT2D eigenvalue weighted by Crippen LogP contribution is 2.53. The fraction of sp³-hybridized carbons (Fsp3) is 0.111. The molecule has 0 saturated carbocycles. The predicted molar refractivity (Wildman–Crippen MR) is 183 cm³/mol. The van der Waals surface area contributed by atoms with Crippen molar-refractivity contribution in [3.05, 3.63) is 120 Å². The minimum absolute atomic E-state index is 0.109. The molecule has 6 rings (SSSR count). The van der Waals surface area contributed by atoms with E-state index in [2.05, 4.69) is 9.97 Å². The molecular formula is C36H22F8N4O2S2. The van der Waals surface area contributed by atoms with E-state index in [1.165, 1.54) is 21.4 Å². The van der Waals surface area contributed by atoms with Crippen LogP contribution in [0.5, 0.6) is 0 Å². The van der Waals surface area contributed by atoms with Crippen LogP contribution in [0, 0.1) is 0 Å². The summed E-state index contributed by atoms with van der Waals surface area (Å²) in [6.45, 7) is 0. The average Bonchev–Trinajstić information content (AvgIpc) is 3.82. The third-order valence-electron chi connectivity index (χ3n) is 7.78. The van der Waals surface area contributed by atoms with Gasteiger partial charge in [-0.15, -0.1) is 22.7 Å². The van der Waals surface area contributed by atoms with Crippen LogP contribution in [0.1, 0.15) is 0 Å². The Labute approximate surface area is 297 Å². The summed E-state index contributed by atoms with van der Waals surface area (Å²) < 4.78 is 118. The molecule has 0 aliphatic carbocycles. The summed E-state index contributed by atoms with van der Waals surface area (Å²) in [5, 5.41) is 3.70. The van der Waals surface area contributed by atoms with Crippen LogP contribution in [0.15, 0.2) is 120 Å². The summed E-state index contributed by atoms with van der Waals surface area (Å²) in [6, 6.07) is 31.7. The topological polar surface area (TPSA) is 84.0 Å². The molecule has 16 heteroatoms. The van der Waals surface area contributed by atoms with Gasteiger partial charge in [0.25, 0.3) is 0 Å². The SMILES string of the molecule is O=C(Nc1nc(-c2ccc(-c3ccccc3)cc2)cs1)C(F)(F)C(F)(F)C(F)(F)C(F)(F)C(=O)Nc1nc(-c2ccc(-c3ccccc3)cc2)cs1. The number of benzene rings is 4. The quantitative estimate of drug-likeness (QED) is 0.129. The Bertz CT molecular complexity index is 2040. The van der Waals surface area contributed by atoms with E-state index in [4.69, 9.17) is 0 Å². The molecule has 0 aliphatic rings. The lowest BCUT2D eigenvalue weighted by Gasteiger charge is -2.35. The van der Waals surface area contributed by atoms with E-state index in [0.717, 1.165) is 22.3 Å². The second kappa shape index (κ2) is 13.9. The third kappa shape index (κ3) is 6.78. The number of carbonyl (C=O) groups is 2. The van der Waals surface area contributed by atoms with Gasteiger partial charge in [-0.25, -0.2) is 9.97 Å². The lowest BCUT2D eigenvalue weighted by Crippen LogP contribution is -2.67. The van der Waals surface area contributed by atoms with E-state index in [9.17, 15) is 44.7 Å². The Morgan fingerprint density at radius 1 is 0.442 bits per heavy atom. The van der Waals surface area contributed by atoms with Gasteiger partial charge in [-0.2, -0.15) is 35.1 Å². The van der Waals surface area contributed by atoms with Gasteiger partial charge in [0.1, 0.15) is 0 Å². The number of rotatable bonds is 11. The van der Waals surface area contributed by atoms with Crippen LogP contribution in [0.4, 0.5) is 45.4 Å². The van der Waals surface area contributed by atoms with Gasteiger partial charge < -0.3 is 0 Å². The minimum Gasteiger partial charge on any atom is -0.296 e. The van der Waals surface area contributed by atoms with Crippen molar-refractivity contribution in [3.8, 4) is 44.8 Å². The zero-order valence-electron chi connectivity index (χ0n) is 26.1. The Balaban J connectivity index is 1.12. The first kappa shape index (κ1) is 36.3. The number of nitrogens with one attached hydrogen (secondary N) is 2. The lowest BCUT2D eigenvalue weighted by atomic mass is 9.97. The number of carbonyl (C=O) groups excluding carboxylic acids is 2. The Kier molecular flexibility index (Phi) is 9.72. The second-order valence-corrected chi connectivity index (χ2v) is 12.9. The van der Waals surface area contributed by atoms with Crippen LogP contribution >= 0.6 is 22.7 Å². The molecule has 0 bridgehead atoms. The molecule has 6 aromatic rings. The van der Waals surface area contributed by atoms with Crippen molar-refractivity contribution in [1.82, 2.24) is 9.97 Å². The van der Waals surface area contributed by atoms with Gasteiger partial charge in [-0.1, -0.05) is 109 Å². The summed E-state index contributed by atoms with van der Waals surface area (Å²) in [6.07, 6.45) is 0. The zero-order chi connectivity index (χ0) is 37.3. The molecule has 2 amide bonds. The molecule has 6 nitrogen and oxygen atoms in total. The van der Waals surface area contributed by atoms with Gasteiger partial charge in [0.2, 0.25) is 0 Å². The highest BCUT2D eigenvalue weighted by molar-refractivity contribution is 7.14. The molecule has 0 spiro atoms. The van der Waals surface area contributed by atoms with Crippen molar-refractivity contribution < 1.29 is 44.7 Å². The van der Waals surface area contributed by atoms with Crippen LogP contribution in [-0.2, 0) is 9.59 Å². The molecule has 2 aromatic heterocycles. The van der Waals surface area contributed by atoms with Crippen LogP contribution in [0.3, 0.4) is 0 Å². The zero-order valence-corrected chi connectivity index (χ0v) is 27.7. The number of thiazole rings is 2. The fourth-order valence-corrected chi connectivity index (χ4v) is 6.32. The second-order valence-electron chi connectivity index (χ2n) is 11.2. The van der Waals surface area contributed by atoms with Crippen LogP contribution in [0.25, 0.3) is 44.8 Å². The molecule has 0 aliphatic heterocycles. The normalized spacial score (nSPS) is 12.4. The summed E-state index contributed by atoms with van der Waals surface area (Å²) in [4.78, 5) is 32.2. The Morgan fingerprint density at radius 2 is 0.731 bits per heavy atom. The molecule has 0 fully saturated rings. The standard InChI is InChI=1S/C36H22F8N4O2S2/c37-33(38,29(49)47-31-45-27(19-51-31)25-15-11-23(12-16-25)21-7-3-1-4-8-21)35(41,42)36(43,44)34(39,40)30(50)48-32-46-28(20-52-32)26-17-13-24(14-18-26)22-9-5-2-6-10-22/h1-20H,(H,45,47,49)(H,46,48,50). The van der Waals surface area contributed by atoms with E-state index in [1.807, 2.05) is 60.7 Å². The van der Waals surface area contributed by atoms with Gasteiger partial charge in [0, 0.05) is 21.9 Å². The highest BCUT2D eigenvalue weighted by atomic mass is 32.1. The van der Waals surface area contributed by atoms with Crippen molar-refractivity contribution in [1.29, 1.82) is 0 Å².